The molecule has 0 radical (unpaired) electrons. The first kappa shape index (κ1) is 41.9. The molecular weight excluding hydrogens is 779 g/mol. The molecule has 1 fully saturated rings. The van der Waals surface area contributed by atoms with Gasteiger partial charge in [-0.2, -0.15) is 21.4 Å². The number of nitrogens with zero attached hydrogens (tertiary/aromatic N) is 3. The van der Waals surface area contributed by atoms with E-state index < -0.39 is 64.7 Å². The Bertz CT molecular complexity index is 2350. The van der Waals surface area contributed by atoms with Crippen LogP contribution in [0.3, 0.4) is 0 Å². The summed E-state index contributed by atoms with van der Waals surface area (Å²) in [6.07, 6.45) is 6.85. The van der Waals surface area contributed by atoms with Gasteiger partial charge in [0.15, 0.2) is 5.71 Å². The third-order valence-corrected chi connectivity index (χ3v) is 12.6. The highest BCUT2D eigenvalue weighted by Crippen LogP contribution is 2.49. The number of carbonyl (C=O) groups excluding carboxylic acids is 3. The Balaban J connectivity index is 1.44. The average molecular weight is 822 g/mol. The lowest BCUT2D eigenvalue weighted by Crippen LogP contribution is -2.32. The molecule has 2 N–H and O–H groups in total. The summed E-state index contributed by atoms with van der Waals surface area (Å²) in [5.74, 6) is -2.44. The van der Waals surface area contributed by atoms with Crippen molar-refractivity contribution in [3.05, 3.63) is 71.5 Å². The fraction of sp³-hybridized carbons (Fsp3) is 0.444. The molecule has 55 heavy (non-hydrogen) atoms. The number of allylic oxidation sites excluding steroid dienone is 4. The molecule has 0 spiro atoms. The Kier molecular flexibility index (Phi) is 11.7. The number of hydrogen-bond donors (Lipinski definition) is 2. The average Bonchev–Trinajstić information content (AvgIpc) is 3.58. The lowest BCUT2D eigenvalue weighted by atomic mass is 9.81. The van der Waals surface area contributed by atoms with Crippen LogP contribution >= 0.6 is 0 Å². The Hall–Kier alpha value is -4.27. The van der Waals surface area contributed by atoms with E-state index >= 15 is 0 Å². The first-order valence-electron chi connectivity index (χ1n) is 17.5. The molecule has 5 rings (SSSR count). The Morgan fingerprint density at radius 2 is 1.45 bits per heavy atom. The van der Waals surface area contributed by atoms with Crippen molar-refractivity contribution >= 4 is 65.2 Å². The van der Waals surface area contributed by atoms with Gasteiger partial charge in [0, 0.05) is 72.5 Å². The third kappa shape index (κ3) is 9.08. The van der Waals surface area contributed by atoms with Crippen molar-refractivity contribution in [3.63, 3.8) is 0 Å². The van der Waals surface area contributed by atoms with Crippen LogP contribution in [0.2, 0.25) is 0 Å². The molecular formula is C36H43N3O13S3. The van der Waals surface area contributed by atoms with Gasteiger partial charge >= 0.3 is 5.97 Å². The summed E-state index contributed by atoms with van der Waals surface area (Å²) in [5, 5.41) is 0.508. The number of fused-ring (bicyclic) bond motifs is 2. The van der Waals surface area contributed by atoms with E-state index in [4.69, 9.17) is 4.84 Å². The molecule has 298 valence electrons. The number of hydroxylamine groups is 2. The molecule has 0 unspecified atom stereocenters. The molecule has 2 aromatic carbocycles. The van der Waals surface area contributed by atoms with Crippen molar-refractivity contribution < 1.29 is 62.7 Å². The van der Waals surface area contributed by atoms with Crippen molar-refractivity contribution in [1.82, 2.24) is 5.06 Å². The number of unbranched alkanes of at least 4 members (excludes halogenated alkanes) is 2. The third-order valence-electron chi connectivity index (χ3n) is 10.1. The van der Waals surface area contributed by atoms with Gasteiger partial charge in [0.1, 0.15) is 6.54 Å². The number of benzene rings is 2. The van der Waals surface area contributed by atoms with E-state index in [0.717, 1.165) is 5.70 Å². The smallest absolute Gasteiger partial charge is 0.333 e. The van der Waals surface area contributed by atoms with Gasteiger partial charge in [-0.05, 0) is 68.7 Å². The molecule has 1 saturated heterocycles. The number of carbonyl (C=O) groups is 3. The first-order valence-corrected chi connectivity index (χ1v) is 21.9. The van der Waals surface area contributed by atoms with Crippen LogP contribution in [-0.2, 0) is 60.4 Å². The molecule has 2 aromatic rings. The molecule has 0 bridgehead atoms. The number of imide groups is 1. The van der Waals surface area contributed by atoms with Crippen LogP contribution in [-0.4, -0.2) is 90.9 Å². The highest BCUT2D eigenvalue weighted by Gasteiger charge is 2.45. The van der Waals surface area contributed by atoms with Gasteiger partial charge in [0.2, 0.25) is 5.69 Å². The maximum Gasteiger partial charge on any atom is 0.333 e. The Morgan fingerprint density at radius 3 is 2.05 bits per heavy atom. The van der Waals surface area contributed by atoms with Gasteiger partial charge in [0.05, 0.1) is 25.3 Å². The molecule has 0 saturated carbocycles. The predicted octanol–water partition coefficient (Wildman–Crippen LogP) is 3.90. The van der Waals surface area contributed by atoms with Crippen molar-refractivity contribution in [2.24, 2.45) is 0 Å². The minimum Gasteiger partial charge on any atom is -0.748 e. The van der Waals surface area contributed by atoms with Gasteiger partial charge in [-0.15, -0.1) is 5.06 Å². The van der Waals surface area contributed by atoms with E-state index in [2.05, 4.69) is 0 Å². The molecule has 2 amide bonds. The zero-order valence-corrected chi connectivity index (χ0v) is 33.2. The van der Waals surface area contributed by atoms with Crippen LogP contribution in [0.15, 0.2) is 70.1 Å². The maximum atomic E-state index is 12.3. The number of hydrogen-bond acceptors (Lipinski definition) is 12. The van der Waals surface area contributed by atoms with Gasteiger partial charge < -0.3 is 14.3 Å². The van der Waals surface area contributed by atoms with Crippen molar-refractivity contribution in [1.29, 1.82) is 0 Å². The van der Waals surface area contributed by atoms with Crippen molar-refractivity contribution in [2.45, 2.75) is 93.3 Å². The Labute approximate surface area is 320 Å². The van der Waals surface area contributed by atoms with Gasteiger partial charge in [-0.1, -0.05) is 26.3 Å². The summed E-state index contributed by atoms with van der Waals surface area (Å²) in [6.45, 7) is 8.01. The van der Waals surface area contributed by atoms with Crippen LogP contribution in [0.4, 0.5) is 11.4 Å². The number of amides is 2. The zero-order chi connectivity index (χ0) is 40.7. The lowest BCUT2D eigenvalue weighted by molar-refractivity contribution is -0.437. The minimum absolute atomic E-state index is 0.00753. The van der Waals surface area contributed by atoms with Gasteiger partial charge in [0.25, 0.3) is 32.1 Å². The quantitative estimate of drug-likeness (QED) is 0.112. The molecule has 0 atom stereocenters. The van der Waals surface area contributed by atoms with Crippen LogP contribution in [0.25, 0.3) is 0 Å². The predicted molar refractivity (Wildman–Crippen MR) is 198 cm³/mol. The minimum atomic E-state index is -4.54. The number of anilines is 1. The largest absolute Gasteiger partial charge is 0.748 e. The zero-order valence-electron chi connectivity index (χ0n) is 30.7. The standard InChI is InChI=1S/C36H43N3O13S3/c1-35(2)26-22-24(54(46,47)48)13-15-28(26)37(19-7-5-6-12-34(42)52-39-32(40)17-18-33(39)41)30(35)10-8-11-31-36(3,4)27-23-25(55(49,50)51)14-16-29(27)38(31)20-9-21-53(43,44)45/h8,10-11,13-16,22-23H,5-7,9,12,17-21H2,1-4H3,(H2-,43,44,45,46,47,48,49,50,51). The molecule has 3 aliphatic rings. The fourth-order valence-corrected chi connectivity index (χ4v) is 8.76. The van der Waals surface area contributed by atoms with Crippen LogP contribution in [0, 0.1) is 0 Å². The van der Waals surface area contributed by atoms with E-state index in [1.54, 1.807) is 22.8 Å². The summed E-state index contributed by atoms with van der Waals surface area (Å²) in [5.41, 5.74) is 2.21. The van der Waals surface area contributed by atoms with E-state index in [9.17, 15) is 53.3 Å². The van der Waals surface area contributed by atoms with Crippen molar-refractivity contribution in [3.8, 4) is 0 Å². The highest BCUT2D eigenvalue weighted by atomic mass is 32.2. The second-order valence-electron chi connectivity index (χ2n) is 14.6. The van der Waals surface area contributed by atoms with E-state index in [1.165, 1.54) is 30.3 Å². The number of rotatable bonds is 15. The Morgan fingerprint density at radius 1 is 0.855 bits per heavy atom. The summed E-state index contributed by atoms with van der Waals surface area (Å²) < 4.78 is 104. The second kappa shape index (κ2) is 15.3. The summed E-state index contributed by atoms with van der Waals surface area (Å²) >= 11 is 0. The van der Waals surface area contributed by atoms with E-state index in [1.807, 2.05) is 38.7 Å². The van der Waals surface area contributed by atoms with Crippen LogP contribution < -0.4 is 4.90 Å². The van der Waals surface area contributed by atoms with E-state index in [0.29, 0.717) is 59.1 Å². The molecule has 3 heterocycles. The monoisotopic (exact) mass is 821 g/mol. The fourth-order valence-electron chi connectivity index (χ4n) is 7.26. The molecule has 16 nitrogen and oxygen atoms in total. The molecule has 0 aliphatic carbocycles. The maximum absolute atomic E-state index is 12.3. The summed E-state index contributed by atoms with van der Waals surface area (Å²) in [4.78, 5) is 42.2. The molecule has 0 aromatic heterocycles. The second-order valence-corrected chi connectivity index (χ2v) is 19.0. The van der Waals surface area contributed by atoms with Crippen LogP contribution in [0.1, 0.15) is 83.8 Å². The SMILES string of the molecule is CC1(C)C(/C=C/C=C2/N(CCCCCC(=O)ON3C(=O)CCC3=O)c3ccc(S(=O)(=O)O)cc3C2(C)C)=[N+](CCCS(=O)(=O)[O-])c2ccc(S(=O)(=O)O)cc21. The van der Waals surface area contributed by atoms with Crippen molar-refractivity contribution in [2.75, 3.05) is 23.7 Å². The summed E-state index contributed by atoms with van der Waals surface area (Å²) in [7, 11) is -13.6. The first-order chi connectivity index (χ1) is 25.4. The van der Waals surface area contributed by atoms with Crippen LogP contribution in [0.5, 0.6) is 0 Å². The lowest BCUT2D eigenvalue weighted by Gasteiger charge is -2.27. The van der Waals surface area contributed by atoms with Gasteiger partial charge in [-0.25, -0.2) is 13.2 Å². The van der Waals surface area contributed by atoms with Gasteiger partial charge in [-0.3, -0.25) is 18.7 Å². The molecule has 19 heteroatoms. The highest BCUT2D eigenvalue weighted by molar-refractivity contribution is 7.86. The molecule has 3 aliphatic heterocycles. The van der Waals surface area contributed by atoms with E-state index in [-0.39, 0.29) is 42.0 Å². The normalized spacial score (nSPS) is 18.9. The topological polar surface area (TPSA) is 236 Å². The summed E-state index contributed by atoms with van der Waals surface area (Å²) in [6, 6.07) is 8.45.